The first kappa shape index (κ1) is 14.0. The maximum atomic E-state index is 6.26. The number of nitrogens with one attached hydrogen (secondary N) is 2. The minimum atomic E-state index is 0.773. The van der Waals surface area contributed by atoms with Crippen molar-refractivity contribution >= 4 is 45.6 Å². The molecule has 1 aliphatic rings. The van der Waals surface area contributed by atoms with Crippen molar-refractivity contribution in [3.05, 3.63) is 56.1 Å². The normalized spacial score (nSPS) is 13.5. The van der Waals surface area contributed by atoms with Gasteiger partial charge in [-0.15, -0.1) is 0 Å². The van der Waals surface area contributed by atoms with Crippen LogP contribution in [0.1, 0.15) is 17.5 Å². The smallest absolute Gasteiger partial charge is 0.0648 e. The highest BCUT2D eigenvalue weighted by Crippen LogP contribution is 2.28. The summed E-state index contributed by atoms with van der Waals surface area (Å²) in [6.07, 6.45) is 2.38. The lowest BCUT2D eigenvalue weighted by atomic mass is 9.99. The molecule has 0 saturated carbocycles. The number of rotatable bonds is 3. The van der Waals surface area contributed by atoms with Crippen LogP contribution in [0, 0.1) is 3.57 Å². The standard InChI is InChI=1S/C16H16ClIN2/c17-14-9-13(18)6-7-15(14)20-10-12-4-1-3-11-5-2-8-19-16(11)12/h1,3-4,6-7,9,19-20H,2,5,8,10H2. The second-order valence-corrected chi connectivity index (χ2v) is 6.61. The summed E-state index contributed by atoms with van der Waals surface area (Å²) in [5.74, 6) is 0. The van der Waals surface area contributed by atoms with E-state index >= 15 is 0 Å². The fraction of sp³-hybridized carbons (Fsp3) is 0.250. The monoisotopic (exact) mass is 398 g/mol. The Morgan fingerprint density at radius 2 is 2.15 bits per heavy atom. The van der Waals surface area contributed by atoms with Crippen LogP contribution < -0.4 is 10.6 Å². The molecule has 0 amide bonds. The van der Waals surface area contributed by atoms with Crippen LogP contribution in [0.25, 0.3) is 0 Å². The van der Waals surface area contributed by atoms with Gasteiger partial charge in [0.05, 0.1) is 10.7 Å². The molecular weight excluding hydrogens is 383 g/mol. The molecule has 0 fully saturated rings. The number of anilines is 2. The summed E-state index contributed by atoms with van der Waals surface area (Å²) in [4.78, 5) is 0. The molecule has 0 aromatic heterocycles. The third-order valence-corrected chi connectivity index (χ3v) is 4.55. The second-order valence-electron chi connectivity index (χ2n) is 4.96. The van der Waals surface area contributed by atoms with E-state index in [1.165, 1.54) is 29.7 Å². The maximum absolute atomic E-state index is 6.26. The van der Waals surface area contributed by atoms with Gasteiger partial charge in [-0.05, 0) is 64.8 Å². The zero-order chi connectivity index (χ0) is 13.9. The zero-order valence-electron chi connectivity index (χ0n) is 11.0. The van der Waals surface area contributed by atoms with Gasteiger partial charge in [0, 0.05) is 22.3 Å². The molecule has 0 unspecified atom stereocenters. The highest BCUT2D eigenvalue weighted by molar-refractivity contribution is 14.1. The summed E-state index contributed by atoms with van der Waals surface area (Å²) in [6, 6.07) is 12.6. The highest BCUT2D eigenvalue weighted by atomic mass is 127. The van der Waals surface area contributed by atoms with Crippen LogP contribution in [0.15, 0.2) is 36.4 Å². The van der Waals surface area contributed by atoms with Crippen molar-refractivity contribution in [3.63, 3.8) is 0 Å². The molecule has 2 N–H and O–H groups in total. The van der Waals surface area contributed by atoms with Crippen molar-refractivity contribution in [2.24, 2.45) is 0 Å². The summed E-state index contributed by atoms with van der Waals surface area (Å²) < 4.78 is 1.15. The number of fused-ring (bicyclic) bond motifs is 1. The molecule has 4 heteroatoms. The molecule has 1 aliphatic heterocycles. The fourth-order valence-corrected chi connectivity index (χ4v) is 3.47. The van der Waals surface area contributed by atoms with Crippen LogP contribution in [0.3, 0.4) is 0 Å². The van der Waals surface area contributed by atoms with Crippen molar-refractivity contribution in [2.45, 2.75) is 19.4 Å². The van der Waals surface area contributed by atoms with Crippen molar-refractivity contribution in [2.75, 3.05) is 17.2 Å². The van der Waals surface area contributed by atoms with E-state index in [0.717, 1.165) is 27.4 Å². The Morgan fingerprint density at radius 3 is 3.00 bits per heavy atom. The minimum absolute atomic E-state index is 0.773. The molecule has 0 atom stereocenters. The van der Waals surface area contributed by atoms with E-state index < -0.39 is 0 Å². The Morgan fingerprint density at radius 1 is 1.25 bits per heavy atom. The van der Waals surface area contributed by atoms with Crippen molar-refractivity contribution in [3.8, 4) is 0 Å². The summed E-state index contributed by atoms with van der Waals surface area (Å²) >= 11 is 8.52. The van der Waals surface area contributed by atoms with E-state index in [2.05, 4.69) is 57.5 Å². The molecule has 20 heavy (non-hydrogen) atoms. The molecule has 1 heterocycles. The maximum Gasteiger partial charge on any atom is 0.0648 e. The number of aryl methyl sites for hydroxylation is 1. The molecule has 0 saturated heterocycles. The fourth-order valence-electron chi connectivity index (χ4n) is 2.55. The quantitative estimate of drug-likeness (QED) is 0.718. The number of benzene rings is 2. The van der Waals surface area contributed by atoms with Crippen molar-refractivity contribution in [1.29, 1.82) is 0 Å². The molecule has 0 aliphatic carbocycles. The Kier molecular flexibility index (Phi) is 4.36. The minimum Gasteiger partial charge on any atom is -0.385 e. The molecule has 2 nitrogen and oxygen atoms in total. The third kappa shape index (κ3) is 3.04. The lowest BCUT2D eigenvalue weighted by Crippen LogP contribution is -2.15. The molecular formula is C16H16ClIN2. The zero-order valence-corrected chi connectivity index (χ0v) is 14.0. The van der Waals surface area contributed by atoms with Gasteiger partial charge in [0.25, 0.3) is 0 Å². The molecule has 2 aromatic carbocycles. The first-order valence-corrected chi connectivity index (χ1v) is 8.23. The van der Waals surface area contributed by atoms with Crippen LogP contribution in [0.5, 0.6) is 0 Å². The van der Waals surface area contributed by atoms with E-state index in [1.807, 2.05) is 12.1 Å². The number of para-hydroxylation sites is 1. The van der Waals surface area contributed by atoms with Gasteiger partial charge in [-0.1, -0.05) is 29.8 Å². The van der Waals surface area contributed by atoms with Crippen molar-refractivity contribution in [1.82, 2.24) is 0 Å². The Hall–Kier alpha value is -0.940. The summed E-state index contributed by atoms with van der Waals surface area (Å²) in [5, 5.41) is 7.72. The average Bonchev–Trinajstić information content (AvgIpc) is 2.46. The average molecular weight is 399 g/mol. The second kappa shape index (κ2) is 6.22. The Labute approximate surface area is 138 Å². The van der Waals surface area contributed by atoms with Gasteiger partial charge in [0.15, 0.2) is 0 Å². The van der Waals surface area contributed by atoms with Crippen LogP contribution in [-0.4, -0.2) is 6.54 Å². The van der Waals surface area contributed by atoms with Gasteiger partial charge < -0.3 is 10.6 Å². The largest absolute Gasteiger partial charge is 0.385 e. The lowest BCUT2D eigenvalue weighted by molar-refractivity contribution is 0.825. The van der Waals surface area contributed by atoms with Crippen LogP contribution in [0.4, 0.5) is 11.4 Å². The van der Waals surface area contributed by atoms with E-state index in [9.17, 15) is 0 Å². The number of hydrogen-bond donors (Lipinski definition) is 2. The van der Waals surface area contributed by atoms with Gasteiger partial charge in [-0.2, -0.15) is 0 Å². The van der Waals surface area contributed by atoms with E-state index in [0.29, 0.717) is 0 Å². The van der Waals surface area contributed by atoms with Gasteiger partial charge in [-0.3, -0.25) is 0 Å². The van der Waals surface area contributed by atoms with Gasteiger partial charge in [0.1, 0.15) is 0 Å². The van der Waals surface area contributed by atoms with Crippen LogP contribution in [0.2, 0.25) is 5.02 Å². The first-order chi connectivity index (χ1) is 9.74. The predicted molar refractivity (Wildman–Crippen MR) is 94.7 cm³/mol. The van der Waals surface area contributed by atoms with E-state index in [1.54, 1.807) is 0 Å². The molecule has 104 valence electrons. The van der Waals surface area contributed by atoms with E-state index in [4.69, 9.17) is 11.6 Å². The molecule has 0 bridgehead atoms. The number of hydrogen-bond acceptors (Lipinski definition) is 2. The third-order valence-electron chi connectivity index (χ3n) is 3.56. The Balaban J connectivity index is 1.78. The summed E-state index contributed by atoms with van der Waals surface area (Å²) in [5.41, 5.74) is 5.01. The van der Waals surface area contributed by atoms with Crippen LogP contribution >= 0.6 is 34.2 Å². The molecule has 0 radical (unpaired) electrons. The topological polar surface area (TPSA) is 24.1 Å². The van der Waals surface area contributed by atoms with Crippen LogP contribution in [-0.2, 0) is 13.0 Å². The molecule has 0 spiro atoms. The van der Waals surface area contributed by atoms with Gasteiger partial charge in [-0.25, -0.2) is 0 Å². The van der Waals surface area contributed by atoms with Crippen molar-refractivity contribution < 1.29 is 0 Å². The number of halogens is 2. The lowest BCUT2D eigenvalue weighted by Gasteiger charge is -2.21. The van der Waals surface area contributed by atoms with E-state index in [-0.39, 0.29) is 0 Å². The first-order valence-electron chi connectivity index (χ1n) is 6.77. The molecule has 3 rings (SSSR count). The SMILES string of the molecule is Clc1cc(I)ccc1NCc1cccc2c1NCCC2. The van der Waals surface area contributed by atoms with Gasteiger partial charge >= 0.3 is 0 Å². The Bertz CT molecular complexity index is 628. The van der Waals surface area contributed by atoms with Gasteiger partial charge in [0.2, 0.25) is 0 Å². The highest BCUT2D eigenvalue weighted by Gasteiger charge is 2.12. The summed E-state index contributed by atoms with van der Waals surface area (Å²) in [6.45, 7) is 1.85. The predicted octanol–water partition coefficient (Wildman–Crippen LogP) is 4.91. The molecule has 2 aromatic rings. The summed E-state index contributed by atoms with van der Waals surface area (Å²) in [7, 11) is 0.